The Balaban J connectivity index is 1.98. The largest absolute Gasteiger partial charge is 0.487 e. The molecule has 2 rings (SSSR count). The second-order valence-corrected chi connectivity index (χ2v) is 3.73. The molecular formula is C11H15NO. The molecule has 0 bridgehead atoms. The van der Waals surface area contributed by atoms with Crippen LogP contribution in [0.5, 0.6) is 5.75 Å². The molecule has 2 nitrogen and oxygen atoms in total. The minimum Gasteiger partial charge on any atom is -0.487 e. The fourth-order valence-corrected chi connectivity index (χ4v) is 1.58. The number of benzene rings is 1. The van der Waals surface area contributed by atoms with Crippen LogP contribution in [0.2, 0.25) is 0 Å². The van der Waals surface area contributed by atoms with Crippen molar-refractivity contribution >= 4 is 0 Å². The van der Waals surface area contributed by atoms with Crippen molar-refractivity contribution in [2.24, 2.45) is 0 Å². The topological polar surface area (TPSA) is 12.5 Å². The first kappa shape index (κ1) is 8.57. The van der Waals surface area contributed by atoms with Crippen LogP contribution in [-0.2, 0) is 0 Å². The van der Waals surface area contributed by atoms with E-state index in [0.717, 1.165) is 18.8 Å². The third-order valence-corrected chi connectivity index (χ3v) is 2.42. The van der Waals surface area contributed by atoms with Gasteiger partial charge in [0.1, 0.15) is 11.9 Å². The van der Waals surface area contributed by atoms with Crippen LogP contribution in [0.15, 0.2) is 24.3 Å². The minimum atomic E-state index is 0.395. The van der Waals surface area contributed by atoms with Gasteiger partial charge >= 0.3 is 0 Å². The number of ether oxygens (including phenoxy) is 1. The first-order valence-corrected chi connectivity index (χ1v) is 4.66. The second kappa shape index (κ2) is 3.38. The maximum absolute atomic E-state index is 5.81. The summed E-state index contributed by atoms with van der Waals surface area (Å²) >= 11 is 0. The summed E-state index contributed by atoms with van der Waals surface area (Å²) in [4.78, 5) is 2.25. The van der Waals surface area contributed by atoms with Crippen LogP contribution in [0, 0.1) is 6.92 Å². The van der Waals surface area contributed by atoms with Crippen molar-refractivity contribution in [1.29, 1.82) is 0 Å². The summed E-state index contributed by atoms with van der Waals surface area (Å²) in [5.74, 6) is 1.03. The van der Waals surface area contributed by atoms with Gasteiger partial charge in [-0.15, -0.1) is 0 Å². The Morgan fingerprint density at radius 3 is 2.62 bits per heavy atom. The Morgan fingerprint density at radius 1 is 1.31 bits per heavy atom. The van der Waals surface area contributed by atoms with Crippen molar-refractivity contribution < 1.29 is 4.74 Å². The van der Waals surface area contributed by atoms with Gasteiger partial charge in [0.25, 0.3) is 0 Å². The highest BCUT2D eigenvalue weighted by molar-refractivity contribution is 5.32. The van der Waals surface area contributed by atoms with Gasteiger partial charge in [-0.3, -0.25) is 4.90 Å². The molecule has 1 aromatic rings. The van der Waals surface area contributed by atoms with Crippen molar-refractivity contribution in [3.8, 4) is 5.75 Å². The average molecular weight is 177 g/mol. The molecule has 13 heavy (non-hydrogen) atoms. The summed E-state index contributed by atoms with van der Waals surface area (Å²) in [6, 6.07) is 8.17. The molecule has 70 valence electrons. The molecule has 1 aliphatic heterocycles. The van der Waals surface area contributed by atoms with Gasteiger partial charge in [0.2, 0.25) is 0 Å². The molecule has 1 saturated heterocycles. The predicted molar refractivity (Wildman–Crippen MR) is 53.1 cm³/mol. The number of aryl methyl sites for hydroxylation is 1. The van der Waals surface area contributed by atoms with E-state index in [1.807, 2.05) is 18.2 Å². The molecule has 0 unspecified atom stereocenters. The molecule has 0 saturated carbocycles. The van der Waals surface area contributed by atoms with Crippen molar-refractivity contribution in [3.05, 3.63) is 29.8 Å². The number of likely N-dealkylation sites (N-methyl/N-ethyl adjacent to an activating group) is 1. The lowest BCUT2D eigenvalue weighted by atomic mass is 10.2. The molecule has 0 radical (unpaired) electrons. The molecule has 1 heterocycles. The van der Waals surface area contributed by atoms with E-state index >= 15 is 0 Å². The van der Waals surface area contributed by atoms with Gasteiger partial charge in [-0.05, 0) is 25.6 Å². The van der Waals surface area contributed by atoms with E-state index < -0.39 is 0 Å². The molecule has 0 atom stereocenters. The highest BCUT2D eigenvalue weighted by atomic mass is 16.5. The van der Waals surface area contributed by atoms with Gasteiger partial charge in [0.05, 0.1) is 0 Å². The average Bonchev–Trinajstić information content (AvgIpc) is 2.06. The number of rotatable bonds is 2. The van der Waals surface area contributed by atoms with Gasteiger partial charge < -0.3 is 4.74 Å². The molecule has 0 N–H and O–H groups in total. The Labute approximate surface area is 79.1 Å². The molecule has 0 aliphatic carbocycles. The Kier molecular flexibility index (Phi) is 2.23. The molecular weight excluding hydrogens is 162 g/mol. The predicted octanol–water partition coefficient (Wildman–Crippen LogP) is 1.69. The Bertz CT molecular complexity index is 292. The fourth-order valence-electron chi connectivity index (χ4n) is 1.58. The molecule has 0 spiro atoms. The van der Waals surface area contributed by atoms with E-state index in [0.29, 0.717) is 6.10 Å². The number of hydrogen-bond acceptors (Lipinski definition) is 2. The molecule has 2 heteroatoms. The highest BCUT2D eigenvalue weighted by Gasteiger charge is 2.24. The molecule has 1 aliphatic rings. The number of likely N-dealkylation sites (tertiary alicyclic amines) is 1. The van der Waals surface area contributed by atoms with Crippen LogP contribution >= 0.6 is 0 Å². The zero-order chi connectivity index (χ0) is 9.26. The van der Waals surface area contributed by atoms with Crippen LogP contribution in [0.4, 0.5) is 0 Å². The third kappa shape index (κ3) is 1.83. The first-order chi connectivity index (χ1) is 6.25. The number of nitrogens with zero attached hydrogens (tertiary/aromatic N) is 1. The van der Waals surface area contributed by atoms with Gasteiger partial charge in [0, 0.05) is 13.1 Å². The summed E-state index contributed by atoms with van der Waals surface area (Å²) in [5.41, 5.74) is 1.22. The second-order valence-electron chi connectivity index (χ2n) is 3.73. The summed E-state index contributed by atoms with van der Waals surface area (Å²) in [5, 5.41) is 0. The highest BCUT2D eigenvalue weighted by Crippen LogP contribution is 2.20. The van der Waals surface area contributed by atoms with Gasteiger partial charge in [0.15, 0.2) is 0 Å². The normalized spacial score (nSPS) is 18.3. The quantitative estimate of drug-likeness (QED) is 0.681. The van der Waals surface area contributed by atoms with E-state index in [1.165, 1.54) is 5.56 Å². The lowest BCUT2D eigenvalue weighted by Crippen LogP contribution is -2.51. The smallest absolute Gasteiger partial charge is 0.124 e. The first-order valence-electron chi connectivity index (χ1n) is 4.66. The van der Waals surface area contributed by atoms with E-state index in [9.17, 15) is 0 Å². The monoisotopic (exact) mass is 177 g/mol. The van der Waals surface area contributed by atoms with Gasteiger partial charge in [-0.25, -0.2) is 0 Å². The van der Waals surface area contributed by atoms with Crippen LogP contribution in [0.25, 0.3) is 0 Å². The summed E-state index contributed by atoms with van der Waals surface area (Å²) in [7, 11) is 2.11. The molecule has 0 amide bonds. The zero-order valence-corrected chi connectivity index (χ0v) is 8.16. The summed E-state index contributed by atoms with van der Waals surface area (Å²) < 4.78 is 5.81. The van der Waals surface area contributed by atoms with E-state index in [-0.39, 0.29) is 0 Å². The summed E-state index contributed by atoms with van der Waals surface area (Å²) in [6.07, 6.45) is 0.395. The number of hydrogen-bond donors (Lipinski definition) is 0. The maximum atomic E-state index is 5.81. The van der Waals surface area contributed by atoms with Crippen LogP contribution in [0.3, 0.4) is 0 Å². The van der Waals surface area contributed by atoms with Crippen LogP contribution in [-0.4, -0.2) is 31.1 Å². The van der Waals surface area contributed by atoms with Crippen molar-refractivity contribution in [3.63, 3.8) is 0 Å². The van der Waals surface area contributed by atoms with E-state index in [1.54, 1.807) is 0 Å². The Morgan fingerprint density at radius 2 is 2.00 bits per heavy atom. The van der Waals surface area contributed by atoms with Crippen molar-refractivity contribution in [2.45, 2.75) is 13.0 Å². The van der Waals surface area contributed by atoms with Gasteiger partial charge in [-0.1, -0.05) is 18.2 Å². The Hall–Kier alpha value is -1.02. The van der Waals surface area contributed by atoms with Crippen molar-refractivity contribution in [1.82, 2.24) is 4.90 Å². The van der Waals surface area contributed by atoms with Gasteiger partial charge in [-0.2, -0.15) is 0 Å². The fraction of sp³-hybridized carbons (Fsp3) is 0.455. The zero-order valence-electron chi connectivity index (χ0n) is 8.16. The molecule has 1 aromatic carbocycles. The molecule has 1 fully saturated rings. The minimum absolute atomic E-state index is 0.395. The van der Waals surface area contributed by atoms with E-state index in [2.05, 4.69) is 24.9 Å². The SMILES string of the molecule is Cc1ccccc1OC1CN(C)C1. The van der Waals surface area contributed by atoms with Crippen LogP contribution in [0.1, 0.15) is 5.56 Å². The molecule has 0 aromatic heterocycles. The maximum Gasteiger partial charge on any atom is 0.124 e. The number of para-hydroxylation sites is 1. The lowest BCUT2D eigenvalue weighted by molar-refractivity contribution is 0.0383. The van der Waals surface area contributed by atoms with Crippen LogP contribution < -0.4 is 4.74 Å². The standard InChI is InChI=1S/C11H15NO/c1-9-5-3-4-6-11(9)13-10-7-12(2)8-10/h3-6,10H,7-8H2,1-2H3. The lowest BCUT2D eigenvalue weighted by Gasteiger charge is -2.36. The summed E-state index contributed by atoms with van der Waals surface area (Å²) in [6.45, 7) is 4.18. The third-order valence-electron chi connectivity index (χ3n) is 2.42. The van der Waals surface area contributed by atoms with E-state index in [4.69, 9.17) is 4.74 Å². The van der Waals surface area contributed by atoms with Crippen molar-refractivity contribution in [2.75, 3.05) is 20.1 Å².